The average molecular weight is 394 g/mol. The van der Waals surface area contributed by atoms with Gasteiger partial charge in [-0.25, -0.2) is 4.79 Å². The van der Waals surface area contributed by atoms with Gasteiger partial charge in [0.1, 0.15) is 16.9 Å². The van der Waals surface area contributed by atoms with Crippen molar-refractivity contribution in [3.05, 3.63) is 39.3 Å². The van der Waals surface area contributed by atoms with E-state index in [2.05, 4.69) is 5.32 Å². The van der Waals surface area contributed by atoms with E-state index >= 15 is 0 Å². The van der Waals surface area contributed by atoms with Crippen molar-refractivity contribution >= 4 is 41.0 Å². The first kappa shape index (κ1) is 20.2. The SMILES string of the molecule is CCOC(=O)c1c(C)oc(NC(=O)COC(=O)Cc2cccs2)c1C(N)=O. The molecule has 0 saturated heterocycles. The summed E-state index contributed by atoms with van der Waals surface area (Å²) in [6, 6.07) is 3.57. The number of hydrogen-bond donors (Lipinski definition) is 2. The normalized spacial score (nSPS) is 10.3. The zero-order valence-electron chi connectivity index (χ0n) is 14.7. The quantitative estimate of drug-likeness (QED) is 0.649. The number of nitrogens with one attached hydrogen (secondary N) is 1. The standard InChI is InChI=1S/C17H18N2O7S/c1-3-24-17(23)13-9(2)26-16(14(13)15(18)22)19-11(20)8-25-12(21)7-10-5-4-6-27-10/h4-6H,3,7-8H2,1-2H3,(H2,18,22)(H,19,20). The highest BCUT2D eigenvalue weighted by molar-refractivity contribution is 7.10. The molecule has 2 aromatic rings. The van der Waals surface area contributed by atoms with Crippen molar-refractivity contribution in [1.29, 1.82) is 0 Å². The van der Waals surface area contributed by atoms with Gasteiger partial charge in [0.05, 0.1) is 13.0 Å². The Labute approximate surface area is 158 Å². The van der Waals surface area contributed by atoms with Crippen molar-refractivity contribution in [2.24, 2.45) is 5.73 Å². The first-order valence-electron chi connectivity index (χ1n) is 7.91. The van der Waals surface area contributed by atoms with Gasteiger partial charge in [-0.15, -0.1) is 11.3 Å². The summed E-state index contributed by atoms with van der Waals surface area (Å²) in [7, 11) is 0. The number of furan rings is 1. The molecule has 10 heteroatoms. The predicted octanol–water partition coefficient (Wildman–Crippen LogP) is 1.65. The fraction of sp³-hybridized carbons (Fsp3) is 0.294. The topological polar surface area (TPSA) is 138 Å². The third-order valence-corrected chi connectivity index (χ3v) is 4.20. The highest BCUT2D eigenvalue weighted by Gasteiger charge is 2.29. The zero-order chi connectivity index (χ0) is 20.0. The van der Waals surface area contributed by atoms with Gasteiger partial charge in [-0.2, -0.15) is 0 Å². The van der Waals surface area contributed by atoms with Crippen molar-refractivity contribution in [3.63, 3.8) is 0 Å². The molecule has 0 unspecified atom stereocenters. The number of nitrogens with two attached hydrogens (primary N) is 1. The third kappa shape index (κ3) is 5.17. The second kappa shape index (κ2) is 8.99. The van der Waals surface area contributed by atoms with Crippen LogP contribution in [-0.4, -0.2) is 37.0 Å². The van der Waals surface area contributed by atoms with Crippen molar-refractivity contribution < 1.29 is 33.1 Å². The first-order valence-corrected chi connectivity index (χ1v) is 8.79. The zero-order valence-corrected chi connectivity index (χ0v) is 15.5. The number of carbonyl (C=O) groups is 4. The molecule has 0 fully saturated rings. The Balaban J connectivity index is 2.04. The second-order valence-electron chi connectivity index (χ2n) is 5.29. The van der Waals surface area contributed by atoms with Gasteiger partial charge in [-0.05, 0) is 25.3 Å². The smallest absolute Gasteiger partial charge is 0.342 e. The van der Waals surface area contributed by atoms with E-state index in [1.165, 1.54) is 18.3 Å². The van der Waals surface area contributed by atoms with Crippen LogP contribution in [0.1, 0.15) is 38.3 Å². The van der Waals surface area contributed by atoms with Crippen LogP contribution < -0.4 is 11.1 Å². The van der Waals surface area contributed by atoms with Crippen LogP contribution in [0.15, 0.2) is 21.9 Å². The van der Waals surface area contributed by atoms with Crippen LogP contribution in [0, 0.1) is 6.92 Å². The lowest BCUT2D eigenvalue weighted by atomic mass is 10.1. The van der Waals surface area contributed by atoms with Crippen molar-refractivity contribution in [2.75, 3.05) is 18.5 Å². The van der Waals surface area contributed by atoms with Gasteiger partial charge >= 0.3 is 11.9 Å². The molecule has 0 saturated carbocycles. The van der Waals surface area contributed by atoms with Crippen LogP contribution in [0.2, 0.25) is 0 Å². The second-order valence-corrected chi connectivity index (χ2v) is 6.32. The van der Waals surface area contributed by atoms with Gasteiger partial charge in [0.2, 0.25) is 5.88 Å². The molecule has 2 rings (SSSR count). The monoisotopic (exact) mass is 394 g/mol. The summed E-state index contributed by atoms with van der Waals surface area (Å²) in [4.78, 5) is 48.2. The molecule has 0 aliphatic rings. The number of aryl methyl sites for hydroxylation is 1. The van der Waals surface area contributed by atoms with Crippen LogP contribution in [0.25, 0.3) is 0 Å². The van der Waals surface area contributed by atoms with Crippen LogP contribution in [0.5, 0.6) is 0 Å². The predicted molar refractivity (Wildman–Crippen MR) is 95.5 cm³/mol. The summed E-state index contributed by atoms with van der Waals surface area (Å²) >= 11 is 1.39. The van der Waals surface area contributed by atoms with E-state index in [1.807, 2.05) is 5.38 Å². The third-order valence-electron chi connectivity index (χ3n) is 3.33. The van der Waals surface area contributed by atoms with Crippen LogP contribution in [0.4, 0.5) is 5.88 Å². The number of thiophene rings is 1. The molecule has 2 amide bonds. The molecule has 144 valence electrons. The molecule has 0 aromatic carbocycles. The van der Waals surface area contributed by atoms with E-state index in [9.17, 15) is 19.2 Å². The molecular formula is C17H18N2O7S. The Bertz CT molecular complexity index is 855. The van der Waals surface area contributed by atoms with Crippen molar-refractivity contribution in [3.8, 4) is 0 Å². The van der Waals surface area contributed by atoms with E-state index < -0.39 is 30.4 Å². The fourth-order valence-corrected chi connectivity index (χ4v) is 2.92. The van der Waals surface area contributed by atoms with E-state index in [0.29, 0.717) is 0 Å². The first-order chi connectivity index (χ1) is 12.8. The van der Waals surface area contributed by atoms with Gasteiger partial charge in [0.15, 0.2) is 6.61 Å². The molecule has 0 radical (unpaired) electrons. The van der Waals surface area contributed by atoms with E-state index in [4.69, 9.17) is 19.6 Å². The Morgan fingerprint density at radius 3 is 2.56 bits per heavy atom. The van der Waals surface area contributed by atoms with Gasteiger partial charge in [-0.3, -0.25) is 19.7 Å². The molecule has 0 spiro atoms. The maximum Gasteiger partial charge on any atom is 0.342 e. The van der Waals surface area contributed by atoms with Crippen molar-refractivity contribution in [2.45, 2.75) is 20.3 Å². The number of esters is 2. The molecule has 0 aliphatic heterocycles. The number of hydrogen-bond acceptors (Lipinski definition) is 8. The highest BCUT2D eigenvalue weighted by atomic mass is 32.1. The van der Waals surface area contributed by atoms with E-state index in [0.717, 1.165) is 4.88 Å². The van der Waals surface area contributed by atoms with Gasteiger partial charge in [-0.1, -0.05) is 6.07 Å². The maximum atomic E-state index is 12.0. The molecule has 0 aliphatic carbocycles. The van der Waals surface area contributed by atoms with Gasteiger partial charge < -0.3 is 19.6 Å². The molecule has 2 aromatic heterocycles. The van der Waals surface area contributed by atoms with E-state index in [-0.39, 0.29) is 35.8 Å². The summed E-state index contributed by atoms with van der Waals surface area (Å²) in [6.07, 6.45) is 0.0460. The molecule has 0 bridgehead atoms. The summed E-state index contributed by atoms with van der Waals surface area (Å²) < 4.78 is 15.0. The van der Waals surface area contributed by atoms with Gasteiger partial charge in [0.25, 0.3) is 11.8 Å². The molecule has 3 N–H and O–H groups in total. The number of primary amides is 1. The fourth-order valence-electron chi connectivity index (χ4n) is 2.23. The van der Waals surface area contributed by atoms with Crippen LogP contribution >= 0.6 is 11.3 Å². The lowest BCUT2D eigenvalue weighted by molar-refractivity contribution is -0.146. The molecule has 27 heavy (non-hydrogen) atoms. The number of amides is 2. The number of carbonyl (C=O) groups excluding carboxylic acids is 4. The summed E-state index contributed by atoms with van der Waals surface area (Å²) in [5, 5.41) is 4.10. The van der Waals surface area contributed by atoms with Crippen LogP contribution in [-0.2, 0) is 25.5 Å². The lowest BCUT2D eigenvalue weighted by Crippen LogP contribution is -2.24. The maximum absolute atomic E-state index is 12.0. The summed E-state index contributed by atoms with van der Waals surface area (Å²) in [5.41, 5.74) is 4.83. The van der Waals surface area contributed by atoms with Crippen LogP contribution in [0.3, 0.4) is 0 Å². The lowest BCUT2D eigenvalue weighted by Gasteiger charge is -2.06. The molecule has 0 atom stereocenters. The highest BCUT2D eigenvalue weighted by Crippen LogP contribution is 2.27. The van der Waals surface area contributed by atoms with Gasteiger partial charge in [0, 0.05) is 4.88 Å². The minimum Gasteiger partial charge on any atom is -0.462 e. The number of rotatable bonds is 8. The minimum atomic E-state index is -0.972. The molecular weight excluding hydrogens is 376 g/mol. The summed E-state index contributed by atoms with van der Waals surface area (Å²) in [6.45, 7) is 2.53. The summed E-state index contributed by atoms with van der Waals surface area (Å²) in [5.74, 6) is -3.34. The Morgan fingerprint density at radius 2 is 1.96 bits per heavy atom. The Morgan fingerprint density at radius 1 is 1.22 bits per heavy atom. The largest absolute Gasteiger partial charge is 0.462 e. The number of anilines is 1. The Kier molecular flexibility index (Phi) is 6.72. The average Bonchev–Trinajstić information content (AvgIpc) is 3.20. The molecule has 2 heterocycles. The molecule has 9 nitrogen and oxygen atoms in total. The Hall–Kier alpha value is -3.14. The minimum absolute atomic E-state index is 0.0460. The van der Waals surface area contributed by atoms with Crippen molar-refractivity contribution in [1.82, 2.24) is 0 Å². The van der Waals surface area contributed by atoms with E-state index in [1.54, 1.807) is 19.1 Å². The number of ether oxygens (including phenoxy) is 2.